The fourth-order valence-corrected chi connectivity index (χ4v) is 1.70. The van der Waals surface area contributed by atoms with E-state index < -0.39 is 0 Å². The molecule has 1 aromatic heterocycles. The number of benzene rings is 1. The van der Waals surface area contributed by atoms with Gasteiger partial charge in [0.05, 0.1) is 0 Å². The summed E-state index contributed by atoms with van der Waals surface area (Å²) in [7, 11) is 0. The van der Waals surface area contributed by atoms with Crippen LogP contribution in [0.3, 0.4) is 0 Å². The Bertz CT molecular complexity index is 637. The van der Waals surface area contributed by atoms with Gasteiger partial charge < -0.3 is 21.1 Å². The van der Waals surface area contributed by atoms with Crippen LogP contribution in [0.25, 0.3) is 0 Å². The van der Waals surface area contributed by atoms with E-state index in [0.717, 1.165) is 0 Å². The predicted molar refractivity (Wildman–Crippen MR) is 74.1 cm³/mol. The Morgan fingerprint density at radius 3 is 2.95 bits per heavy atom. The number of nitrogens with two attached hydrogens (primary N) is 1. The summed E-state index contributed by atoms with van der Waals surface area (Å²) in [5, 5.41) is 12.7. The van der Waals surface area contributed by atoms with Gasteiger partial charge in [-0.2, -0.15) is 0 Å². The average molecular weight is 260 g/mol. The van der Waals surface area contributed by atoms with Crippen LogP contribution in [0.5, 0.6) is 5.75 Å². The fourth-order valence-electron chi connectivity index (χ4n) is 1.70. The lowest BCUT2D eigenvalue weighted by molar-refractivity contribution is 0.469. The Kier molecular flexibility index (Phi) is 3.70. The first-order valence-corrected chi connectivity index (χ1v) is 6.00. The van der Waals surface area contributed by atoms with Crippen LogP contribution < -0.4 is 16.6 Å². The quantitative estimate of drug-likeness (QED) is 0.489. The van der Waals surface area contributed by atoms with Crippen molar-refractivity contribution in [2.45, 2.75) is 19.9 Å². The average Bonchev–Trinajstić information content (AvgIpc) is 2.39. The number of nitrogen functional groups attached to an aromatic ring is 1. The summed E-state index contributed by atoms with van der Waals surface area (Å²) < 4.78 is 0. The largest absolute Gasteiger partial charge is 0.508 e. The van der Waals surface area contributed by atoms with Crippen LogP contribution in [-0.2, 0) is 13.0 Å². The first-order valence-electron chi connectivity index (χ1n) is 6.00. The summed E-state index contributed by atoms with van der Waals surface area (Å²) in [4.78, 5) is 18.3. The Morgan fingerprint density at radius 2 is 2.21 bits per heavy atom. The highest BCUT2D eigenvalue weighted by atomic mass is 16.3. The van der Waals surface area contributed by atoms with Crippen molar-refractivity contribution < 1.29 is 5.11 Å². The molecule has 1 aromatic carbocycles. The zero-order valence-electron chi connectivity index (χ0n) is 10.6. The molecule has 0 unspecified atom stereocenters. The molecule has 6 heteroatoms. The lowest BCUT2D eigenvalue weighted by Crippen LogP contribution is -2.13. The van der Waals surface area contributed by atoms with E-state index in [4.69, 9.17) is 5.73 Å². The van der Waals surface area contributed by atoms with Gasteiger partial charge in [-0.15, -0.1) is 0 Å². The van der Waals surface area contributed by atoms with E-state index in [2.05, 4.69) is 15.3 Å². The molecular weight excluding hydrogens is 244 g/mol. The Balaban J connectivity index is 2.16. The number of nitrogens with one attached hydrogen (secondary N) is 2. The summed E-state index contributed by atoms with van der Waals surface area (Å²) in [5.41, 5.74) is 6.68. The number of aromatic hydroxyl groups is 1. The van der Waals surface area contributed by atoms with Crippen LogP contribution in [0.1, 0.15) is 18.3 Å². The third-order valence-corrected chi connectivity index (χ3v) is 2.69. The molecule has 0 amide bonds. The van der Waals surface area contributed by atoms with Gasteiger partial charge in [0.15, 0.2) is 0 Å². The number of H-pyrrole nitrogens is 1. The summed E-state index contributed by atoms with van der Waals surface area (Å²) >= 11 is 0. The highest BCUT2D eigenvalue weighted by Gasteiger charge is 2.04. The number of rotatable bonds is 4. The number of nitrogens with zero attached hydrogens (tertiary/aromatic N) is 1. The summed E-state index contributed by atoms with van der Waals surface area (Å²) in [6.07, 6.45) is 0.647. The third-order valence-electron chi connectivity index (χ3n) is 2.69. The molecule has 0 aliphatic heterocycles. The van der Waals surface area contributed by atoms with Crippen molar-refractivity contribution in [1.82, 2.24) is 9.97 Å². The van der Waals surface area contributed by atoms with E-state index in [1.807, 2.05) is 6.92 Å². The van der Waals surface area contributed by atoms with Gasteiger partial charge in [0.25, 0.3) is 5.56 Å². The first kappa shape index (κ1) is 12.9. The minimum absolute atomic E-state index is 0.155. The van der Waals surface area contributed by atoms with E-state index in [1.54, 1.807) is 12.1 Å². The number of hydrogen-bond donors (Lipinski definition) is 4. The third kappa shape index (κ3) is 3.25. The van der Waals surface area contributed by atoms with Crippen LogP contribution in [-0.4, -0.2) is 15.1 Å². The van der Waals surface area contributed by atoms with Gasteiger partial charge in [-0.25, -0.2) is 4.98 Å². The smallest absolute Gasteiger partial charge is 0.252 e. The molecule has 100 valence electrons. The molecule has 0 saturated carbocycles. The van der Waals surface area contributed by atoms with Crippen molar-refractivity contribution >= 4 is 11.5 Å². The van der Waals surface area contributed by atoms with Crippen molar-refractivity contribution in [3.63, 3.8) is 0 Å². The maximum atomic E-state index is 11.4. The van der Waals surface area contributed by atoms with Gasteiger partial charge in [-0.05, 0) is 18.2 Å². The number of aromatic amines is 1. The Labute approximate surface area is 110 Å². The molecule has 2 rings (SSSR count). The molecule has 1 heterocycles. The lowest BCUT2D eigenvalue weighted by Gasteiger charge is -2.08. The predicted octanol–water partition coefficient (Wildman–Crippen LogP) is 1.23. The maximum absolute atomic E-state index is 11.4. The Morgan fingerprint density at radius 1 is 1.42 bits per heavy atom. The second kappa shape index (κ2) is 5.43. The molecule has 6 nitrogen and oxygen atoms in total. The van der Waals surface area contributed by atoms with Gasteiger partial charge in [-0.3, -0.25) is 4.79 Å². The molecule has 0 aliphatic rings. The topological polar surface area (TPSA) is 104 Å². The minimum Gasteiger partial charge on any atom is -0.508 e. The van der Waals surface area contributed by atoms with E-state index in [-0.39, 0.29) is 11.3 Å². The van der Waals surface area contributed by atoms with Crippen LogP contribution in [0.15, 0.2) is 29.1 Å². The van der Waals surface area contributed by atoms with Gasteiger partial charge in [0.1, 0.15) is 17.4 Å². The van der Waals surface area contributed by atoms with Crippen LogP contribution in [0.4, 0.5) is 11.5 Å². The van der Waals surface area contributed by atoms with Gasteiger partial charge >= 0.3 is 0 Å². The molecule has 0 fully saturated rings. The first-order chi connectivity index (χ1) is 9.08. The molecule has 0 atom stereocenters. The molecule has 19 heavy (non-hydrogen) atoms. The number of phenolic OH excluding ortho intramolecular Hbond substituents is 1. The molecular formula is C13H16N4O2. The van der Waals surface area contributed by atoms with E-state index in [1.165, 1.54) is 12.1 Å². The van der Waals surface area contributed by atoms with Crippen LogP contribution in [0.2, 0.25) is 0 Å². The van der Waals surface area contributed by atoms with Crippen molar-refractivity contribution in [2.24, 2.45) is 0 Å². The summed E-state index contributed by atoms with van der Waals surface area (Å²) in [6.45, 7) is 2.25. The second-order valence-corrected chi connectivity index (χ2v) is 4.17. The number of aromatic nitrogens is 2. The highest BCUT2D eigenvalue weighted by molar-refractivity contribution is 5.48. The van der Waals surface area contributed by atoms with Gasteiger partial charge in [-0.1, -0.05) is 6.92 Å². The van der Waals surface area contributed by atoms with E-state index in [9.17, 15) is 9.90 Å². The van der Waals surface area contributed by atoms with Crippen molar-refractivity contribution in [1.29, 1.82) is 0 Å². The van der Waals surface area contributed by atoms with Gasteiger partial charge in [0.2, 0.25) is 0 Å². The molecule has 0 spiro atoms. The molecule has 0 aliphatic carbocycles. The monoisotopic (exact) mass is 260 g/mol. The van der Waals surface area contributed by atoms with Crippen molar-refractivity contribution in [3.8, 4) is 5.75 Å². The highest BCUT2D eigenvalue weighted by Crippen LogP contribution is 2.20. The zero-order chi connectivity index (χ0) is 13.8. The number of phenols is 1. The molecule has 5 N–H and O–H groups in total. The van der Waals surface area contributed by atoms with E-state index in [0.29, 0.717) is 35.9 Å². The normalized spacial score (nSPS) is 10.4. The molecule has 0 bridgehead atoms. The SMILES string of the molecule is CCc1nc(NCc2cc(N)ccc2O)cc(=O)[nH]1. The van der Waals surface area contributed by atoms with Crippen molar-refractivity contribution in [2.75, 3.05) is 11.1 Å². The zero-order valence-corrected chi connectivity index (χ0v) is 10.6. The van der Waals surface area contributed by atoms with E-state index >= 15 is 0 Å². The molecule has 2 aromatic rings. The summed E-state index contributed by atoms with van der Waals surface area (Å²) in [5.74, 6) is 1.25. The fraction of sp³-hybridized carbons (Fsp3) is 0.231. The number of aryl methyl sites for hydroxylation is 1. The summed E-state index contributed by atoms with van der Waals surface area (Å²) in [6, 6.07) is 6.22. The Hall–Kier alpha value is -2.50. The second-order valence-electron chi connectivity index (χ2n) is 4.17. The molecule has 0 radical (unpaired) electrons. The van der Waals surface area contributed by atoms with Crippen LogP contribution >= 0.6 is 0 Å². The van der Waals surface area contributed by atoms with Gasteiger partial charge in [0, 0.05) is 30.3 Å². The lowest BCUT2D eigenvalue weighted by atomic mass is 10.2. The van der Waals surface area contributed by atoms with Crippen LogP contribution in [0, 0.1) is 0 Å². The maximum Gasteiger partial charge on any atom is 0.252 e. The number of anilines is 2. The minimum atomic E-state index is -0.203. The standard InChI is InChI=1S/C13H16N4O2/c1-2-11-16-12(6-13(19)17-11)15-7-8-5-9(14)3-4-10(8)18/h3-6,18H,2,7,14H2,1H3,(H2,15,16,17,19). The molecule has 0 saturated heterocycles. The number of hydrogen-bond acceptors (Lipinski definition) is 5. The van der Waals surface area contributed by atoms with Crippen molar-refractivity contribution in [3.05, 3.63) is 46.0 Å².